The molecule has 0 aliphatic heterocycles. The molecule has 0 amide bonds. The monoisotopic (exact) mass is 192 g/mol. The molecule has 0 unspecified atom stereocenters. The third-order valence-electron chi connectivity index (χ3n) is 2.06. The van der Waals surface area contributed by atoms with Crippen molar-refractivity contribution in [3.8, 4) is 0 Å². The number of furan rings is 1. The summed E-state index contributed by atoms with van der Waals surface area (Å²) in [5.41, 5.74) is 0.932. The molecular formula is C11H9FO2. The van der Waals surface area contributed by atoms with Gasteiger partial charge in [0.05, 0.1) is 6.26 Å². The van der Waals surface area contributed by atoms with Gasteiger partial charge in [-0.3, -0.25) is 4.79 Å². The largest absolute Gasteiger partial charge is 0.464 e. The quantitative estimate of drug-likeness (QED) is 0.732. The molecule has 0 saturated carbocycles. The average Bonchev–Trinajstić information content (AvgIpc) is 2.51. The summed E-state index contributed by atoms with van der Waals surface area (Å²) in [5.74, 6) is -0.436. The number of ketones is 1. The summed E-state index contributed by atoms with van der Waals surface area (Å²) in [7, 11) is 0. The minimum atomic E-state index is -0.386. The van der Waals surface area contributed by atoms with E-state index in [1.807, 2.05) is 0 Å². The van der Waals surface area contributed by atoms with Gasteiger partial charge in [-0.25, -0.2) is 4.39 Å². The molecule has 72 valence electrons. The third kappa shape index (κ3) is 1.53. The van der Waals surface area contributed by atoms with Gasteiger partial charge in [-0.2, -0.15) is 0 Å². The summed E-state index contributed by atoms with van der Waals surface area (Å²) in [5, 5.41) is 0.822. The summed E-state index contributed by atoms with van der Waals surface area (Å²) >= 11 is 0. The van der Waals surface area contributed by atoms with Gasteiger partial charge >= 0.3 is 0 Å². The predicted molar refractivity (Wildman–Crippen MR) is 50.6 cm³/mol. The fourth-order valence-electron chi connectivity index (χ4n) is 1.44. The molecule has 0 aliphatic rings. The highest BCUT2D eigenvalue weighted by Crippen LogP contribution is 2.20. The first-order valence-electron chi connectivity index (χ1n) is 4.32. The Morgan fingerprint density at radius 1 is 1.50 bits per heavy atom. The second-order valence-electron chi connectivity index (χ2n) is 3.28. The molecule has 14 heavy (non-hydrogen) atoms. The van der Waals surface area contributed by atoms with E-state index in [1.165, 1.54) is 19.3 Å². The molecule has 0 bridgehead atoms. The van der Waals surface area contributed by atoms with Crippen LogP contribution in [0.4, 0.5) is 4.39 Å². The van der Waals surface area contributed by atoms with Crippen LogP contribution in [-0.2, 0) is 11.2 Å². The maximum absolute atomic E-state index is 13.3. The van der Waals surface area contributed by atoms with Crippen LogP contribution in [0.1, 0.15) is 12.5 Å². The van der Waals surface area contributed by atoms with Crippen LogP contribution in [0.25, 0.3) is 11.0 Å². The third-order valence-corrected chi connectivity index (χ3v) is 2.06. The zero-order chi connectivity index (χ0) is 10.1. The Bertz CT molecular complexity index is 485. The van der Waals surface area contributed by atoms with Crippen LogP contribution in [-0.4, -0.2) is 5.78 Å². The van der Waals surface area contributed by atoms with Crippen LogP contribution in [0.2, 0.25) is 0 Å². The van der Waals surface area contributed by atoms with Crippen LogP contribution in [0.3, 0.4) is 0 Å². The van der Waals surface area contributed by atoms with Gasteiger partial charge in [0, 0.05) is 17.9 Å². The molecular weight excluding hydrogens is 183 g/mol. The molecule has 0 aliphatic carbocycles. The molecule has 1 heterocycles. The number of hydrogen-bond donors (Lipinski definition) is 0. The number of fused-ring (bicyclic) bond motifs is 1. The molecule has 0 radical (unpaired) electrons. The molecule has 2 rings (SSSR count). The van der Waals surface area contributed by atoms with E-state index >= 15 is 0 Å². The van der Waals surface area contributed by atoms with Gasteiger partial charge in [0.2, 0.25) is 0 Å². The van der Waals surface area contributed by atoms with Crippen LogP contribution in [0.15, 0.2) is 28.9 Å². The number of rotatable bonds is 2. The van der Waals surface area contributed by atoms with Crippen molar-refractivity contribution in [3.63, 3.8) is 0 Å². The van der Waals surface area contributed by atoms with Crippen molar-refractivity contribution in [2.24, 2.45) is 0 Å². The number of carbonyl (C=O) groups is 1. The predicted octanol–water partition coefficient (Wildman–Crippen LogP) is 2.70. The molecule has 0 spiro atoms. The standard InChI is InChI=1S/C11H9FO2/c1-7(13)4-9-5-8-2-3-14-11(8)6-10(9)12/h2-3,5-6H,4H2,1H3. The molecule has 0 fully saturated rings. The maximum atomic E-state index is 13.3. The van der Waals surface area contributed by atoms with Crippen molar-refractivity contribution in [3.05, 3.63) is 35.8 Å². The summed E-state index contributed by atoms with van der Waals surface area (Å²) in [6.07, 6.45) is 1.63. The highest BCUT2D eigenvalue weighted by Gasteiger charge is 2.08. The van der Waals surface area contributed by atoms with E-state index in [0.29, 0.717) is 11.1 Å². The normalized spacial score (nSPS) is 10.7. The Morgan fingerprint density at radius 2 is 2.29 bits per heavy atom. The molecule has 0 atom stereocenters. The van der Waals surface area contributed by atoms with E-state index in [4.69, 9.17) is 4.42 Å². The van der Waals surface area contributed by atoms with Gasteiger partial charge < -0.3 is 4.42 Å². The average molecular weight is 192 g/mol. The first-order chi connectivity index (χ1) is 6.66. The van der Waals surface area contributed by atoms with E-state index in [2.05, 4.69) is 0 Å². The van der Waals surface area contributed by atoms with Crippen molar-refractivity contribution in [2.45, 2.75) is 13.3 Å². The van der Waals surface area contributed by atoms with E-state index in [-0.39, 0.29) is 18.0 Å². The Kier molecular flexibility index (Phi) is 2.08. The lowest BCUT2D eigenvalue weighted by molar-refractivity contribution is -0.116. The van der Waals surface area contributed by atoms with Crippen LogP contribution < -0.4 is 0 Å². The lowest BCUT2D eigenvalue weighted by Crippen LogP contribution is -1.98. The number of carbonyl (C=O) groups excluding carboxylic acids is 1. The van der Waals surface area contributed by atoms with Gasteiger partial charge in [0.15, 0.2) is 0 Å². The Balaban J connectivity index is 2.53. The number of Topliss-reactive ketones (excluding diaryl/α,β-unsaturated/α-hetero) is 1. The zero-order valence-corrected chi connectivity index (χ0v) is 7.71. The minimum Gasteiger partial charge on any atom is -0.464 e. The van der Waals surface area contributed by atoms with Crippen molar-refractivity contribution in [2.75, 3.05) is 0 Å². The molecule has 3 heteroatoms. The minimum absolute atomic E-state index is 0.0493. The SMILES string of the molecule is CC(=O)Cc1cc2ccoc2cc1F. The number of benzene rings is 1. The van der Waals surface area contributed by atoms with Crippen LogP contribution >= 0.6 is 0 Å². The topological polar surface area (TPSA) is 30.2 Å². The number of halogens is 1. The summed E-state index contributed by atoms with van der Waals surface area (Å²) < 4.78 is 18.4. The smallest absolute Gasteiger partial charge is 0.136 e. The van der Waals surface area contributed by atoms with Crippen LogP contribution in [0.5, 0.6) is 0 Å². The fourth-order valence-corrected chi connectivity index (χ4v) is 1.44. The molecule has 1 aromatic heterocycles. The van der Waals surface area contributed by atoms with E-state index < -0.39 is 0 Å². The van der Waals surface area contributed by atoms with Crippen LogP contribution in [0, 0.1) is 5.82 Å². The Hall–Kier alpha value is -1.64. The highest BCUT2D eigenvalue weighted by atomic mass is 19.1. The lowest BCUT2D eigenvalue weighted by atomic mass is 10.1. The van der Waals surface area contributed by atoms with Gasteiger partial charge in [-0.15, -0.1) is 0 Å². The maximum Gasteiger partial charge on any atom is 0.136 e. The molecule has 2 aromatic rings. The molecule has 1 aromatic carbocycles. The summed E-state index contributed by atoms with van der Waals surface area (Å²) in [4.78, 5) is 10.8. The zero-order valence-electron chi connectivity index (χ0n) is 7.71. The van der Waals surface area contributed by atoms with E-state index in [9.17, 15) is 9.18 Å². The Labute approximate surface area is 80.3 Å². The number of hydrogen-bond acceptors (Lipinski definition) is 2. The van der Waals surface area contributed by atoms with Crippen molar-refractivity contribution in [1.29, 1.82) is 0 Å². The Morgan fingerprint density at radius 3 is 3.00 bits per heavy atom. The van der Waals surface area contributed by atoms with E-state index in [0.717, 1.165) is 5.39 Å². The van der Waals surface area contributed by atoms with Gasteiger partial charge in [-0.05, 0) is 24.6 Å². The van der Waals surface area contributed by atoms with Gasteiger partial charge in [0.25, 0.3) is 0 Å². The first kappa shape index (κ1) is 8.94. The lowest BCUT2D eigenvalue weighted by Gasteiger charge is -1.99. The van der Waals surface area contributed by atoms with E-state index in [1.54, 1.807) is 12.1 Å². The van der Waals surface area contributed by atoms with Gasteiger partial charge in [-0.1, -0.05) is 0 Å². The summed E-state index contributed by atoms with van der Waals surface area (Å²) in [6.45, 7) is 1.44. The van der Waals surface area contributed by atoms with Crippen molar-refractivity contribution in [1.82, 2.24) is 0 Å². The van der Waals surface area contributed by atoms with Gasteiger partial charge in [0.1, 0.15) is 17.2 Å². The fraction of sp³-hybridized carbons (Fsp3) is 0.182. The second kappa shape index (κ2) is 3.25. The summed E-state index contributed by atoms with van der Waals surface area (Å²) in [6, 6.07) is 4.71. The molecule has 0 N–H and O–H groups in total. The molecule has 2 nitrogen and oxygen atoms in total. The van der Waals surface area contributed by atoms with Crippen molar-refractivity contribution >= 4 is 16.8 Å². The molecule has 0 saturated heterocycles. The first-order valence-corrected chi connectivity index (χ1v) is 4.32. The second-order valence-corrected chi connectivity index (χ2v) is 3.28. The highest BCUT2D eigenvalue weighted by molar-refractivity contribution is 5.82. The van der Waals surface area contributed by atoms with Crippen molar-refractivity contribution < 1.29 is 13.6 Å².